The van der Waals surface area contributed by atoms with Gasteiger partial charge in [0.25, 0.3) is 0 Å². The van der Waals surface area contributed by atoms with Gasteiger partial charge in [0.1, 0.15) is 5.82 Å². The molecule has 15 heavy (non-hydrogen) atoms. The molecular formula is C11H16N2O2. The molecule has 0 bridgehead atoms. The molecule has 82 valence electrons. The van der Waals surface area contributed by atoms with Crippen LogP contribution in [-0.2, 0) is 0 Å². The van der Waals surface area contributed by atoms with Gasteiger partial charge >= 0.3 is 5.97 Å². The molecule has 0 saturated carbocycles. The fourth-order valence-corrected chi connectivity index (χ4v) is 1.03. The zero-order valence-electron chi connectivity index (χ0n) is 9.24. The number of anilines is 1. The second kappa shape index (κ2) is 4.29. The number of aromatic nitrogens is 1. The van der Waals surface area contributed by atoms with Crippen LogP contribution < -0.4 is 5.32 Å². The summed E-state index contributed by atoms with van der Waals surface area (Å²) in [5.74, 6) is -0.254. The van der Waals surface area contributed by atoms with E-state index in [0.29, 0.717) is 5.82 Å². The van der Waals surface area contributed by atoms with Crippen LogP contribution in [0.5, 0.6) is 0 Å². The maximum atomic E-state index is 10.6. The number of pyridine rings is 1. The first-order valence-electron chi connectivity index (χ1n) is 4.92. The first kappa shape index (κ1) is 11.5. The predicted molar refractivity (Wildman–Crippen MR) is 59.2 cm³/mol. The fraction of sp³-hybridized carbons (Fsp3) is 0.455. The highest BCUT2D eigenvalue weighted by atomic mass is 16.4. The minimum Gasteiger partial charge on any atom is -0.478 e. The molecular weight excluding hydrogens is 192 g/mol. The first-order chi connectivity index (χ1) is 6.94. The van der Waals surface area contributed by atoms with E-state index in [1.54, 1.807) is 12.1 Å². The predicted octanol–water partition coefficient (Wildman–Crippen LogP) is 2.38. The zero-order chi connectivity index (χ0) is 11.5. The van der Waals surface area contributed by atoms with Gasteiger partial charge in [0.15, 0.2) is 0 Å². The molecule has 2 N–H and O–H groups in total. The Bertz CT molecular complexity index is 344. The van der Waals surface area contributed by atoms with Crippen LogP contribution in [0.1, 0.15) is 37.6 Å². The molecule has 0 atom stereocenters. The molecule has 0 amide bonds. The molecule has 1 heterocycles. The Balaban J connectivity index is 2.77. The van der Waals surface area contributed by atoms with Crippen molar-refractivity contribution in [2.45, 2.75) is 32.7 Å². The van der Waals surface area contributed by atoms with Gasteiger partial charge in [-0.05, 0) is 32.4 Å². The molecule has 0 fully saturated rings. The highest BCUT2D eigenvalue weighted by molar-refractivity contribution is 5.87. The third-order valence-corrected chi connectivity index (χ3v) is 2.36. The first-order valence-corrected chi connectivity index (χ1v) is 4.92. The summed E-state index contributed by atoms with van der Waals surface area (Å²) in [5, 5.41) is 11.9. The fourth-order valence-electron chi connectivity index (χ4n) is 1.03. The molecule has 0 aliphatic rings. The van der Waals surface area contributed by atoms with Gasteiger partial charge in [-0.25, -0.2) is 9.78 Å². The van der Waals surface area contributed by atoms with Crippen molar-refractivity contribution in [1.82, 2.24) is 4.98 Å². The normalized spacial score (nSPS) is 11.1. The molecule has 4 heteroatoms. The van der Waals surface area contributed by atoms with Crippen molar-refractivity contribution in [1.29, 1.82) is 0 Å². The summed E-state index contributed by atoms with van der Waals surface area (Å²) in [6.07, 6.45) is 2.33. The monoisotopic (exact) mass is 208 g/mol. The Morgan fingerprint density at radius 2 is 2.20 bits per heavy atom. The smallest absolute Gasteiger partial charge is 0.337 e. The summed E-state index contributed by atoms with van der Waals surface area (Å²) < 4.78 is 0. The summed E-state index contributed by atoms with van der Waals surface area (Å²) in [6, 6.07) is 3.23. The van der Waals surface area contributed by atoms with Crippen molar-refractivity contribution in [3.8, 4) is 0 Å². The van der Waals surface area contributed by atoms with Gasteiger partial charge < -0.3 is 10.4 Å². The van der Waals surface area contributed by atoms with Gasteiger partial charge in [0, 0.05) is 11.7 Å². The number of aromatic carboxylic acids is 1. The van der Waals surface area contributed by atoms with Gasteiger partial charge in [-0.2, -0.15) is 0 Å². The van der Waals surface area contributed by atoms with Gasteiger partial charge in [-0.3, -0.25) is 0 Å². The molecule has 0 aromatic carbocycles. The molecule has 1 aromatic heterocycles. The SMILES string of the molecule is CCC(C)(C)Nc1ccc(C(=O)O)cn1. The maximum Gasteiger partial charge on any atom is 0.337 e. The average Bonchev–Trinajstić information content (AvgIpc) is 2.18. The van der Waals surface area contributed by atoms with Crippen LogP contribution in [0.3, 0.4) is 0 Å². The zero-order valence-corrected chi connectivity index (χ0v) is 9.24. The molecule has 1 aromatic rings. The lowest BCUT2D eigenvalue weighted by atomic mass is 10.0. The van der Waals surface area contributed by atoms with Crippen molar-refractivity contribution >= 4 is 11.8 Å². The lowest BCUT2D eigenvalue weighted by molar-refractivity contribution is 0.0696. The van der Waals surface area contributed by atoms with E-state index in [-0.39, 0.29) is 11.1 Å². The molecule has 0 saturated heterocycles. The van der Waals surface area contributed by atoms with E-state index >= 15 is 0 Å². The minimum absolute atomic E-state index is 0.0300. The Morgan fingerprint density at radius 1 is 1.53 bits per heavy atom. The lowest BCUT2D eigenvalue weighted by Gasteiger charge is -2.25. The number of nitrogens with one attached hydrogen (secondary N) is 1. The summed E-state index contributed by atoms with van der Waals surface area (Å²) in [6.45, 7) is 6.22. The minimum atomic E-state index is -0.955. The van der Waals surface area contributed by atoms with Crippen LogP contribution in [-0.4, -0.2) is 21.6 Å². The van der Waals surface area contributed by atoms with Crippen LogP contribution >= 0.6 is 0 Å². The van der Waals surface area contributed by atoms with Crippen molar-refractivity contribution in [3.63, 3.8) is 0 Å². The van der Waals surface area contributed by atoms with Gasteiger partial charge in [0.2, 0.25) is 0 Å². The number of rotatable bonds is 4. The van der Waals surface area contributed by atoms with Crippen molar-refractivity contribution in [3.05, 3.63) is 23.9 Å². The summed E-state index contributed by atoms with van der Waals surface area (Å²) >= 11 is 0. The van der Waals surface area contributed by atoms with Gasteiger partial charge in [-0.15, -0.1) is 0 Å². The molecule has 0 aliphatic heterocycles. The highest BCUT2D eigenvalue weighted by Gasteiger charge is 2.14. The third kappa shape index (κ3) is 3.23. The molecule has 0 unspecified atom stereocenters. The largest absolute Gasteiger partial charge is 0.478 e. The Labute approximate surface area is 89.3 Å². The second-order valence-electron chi connectivity index (χ2n) is 4.10. The molecule has 0 spiro atoms. The number of hydrogen-bond donors (Lipinski definition) is 2. The third-order valence-electron chi connectivity index (χ3n) is 2.36. The molecule has 0 radical (unpaired) electrons. The van der Waals surface area contributed by atoms with E-state index in [9.17, 15) is 4.79 Å². The molecule has 0 aliphatic carbocycles. The van der Waals surface area contributed by atoms with Crippen LogP contribution in [0.25, 0.3) is 0 Å². The van der Waals surface area contributed by atoms with E-state index in [1.165, 1.54) is 6.20 Å². The number of hydrogen-bond acceptors (Lipinski definition) is 3. The Morgan fingerprint density at radius 3 is 2.60 bits per heavy atom. The lowest BCUT2D eigenvalue weighted by Crippen LogP contribution is -2.30. The van der Waals surface area contributed by atoms with E-state index in [4.69, 9.17) is 5.11 Å². The van der Waals surface area contributed by atoms with Gasteiger partial charge in [0.05, 0.1) is 5.56 Å². The van der Waals surface area contributed by atoms with Crippen molar-refractivity contribution in [2.75, 3.05) is 5.32 Å². The Kier molecular flexibility index (Phi) is 3.29. The highest BCUT2D eigenvalue weighted by Crippen LogP contribution is 2.15. The number of carboxylic acids is 1. The summed E-state index contributed by atoms with van der Waals surface area (Å²) in [5.41, 5.74) is 0.174. The maximum absolute atomic E-state index is 10.6. The summed E-state index contributed by atoms with van der Waals surface area (Å²) in [4.78, 5) is 14.6. The second-order valence-corrected chi connectivity index (χ2v) is 4.10. The van der Waals surface area contributed by atoms with E-state index in [0.717, 1.165) is 6.42 Å². The van der Waals surface area contributed by atoms with Crippen molar-refractivity contribution < 1.29 is 9.90 Å². The van der Waals surface area contributed by atoms with Crippen LogP contribution in [0.15, 0.2) is 18.3 Å². The standard InChI is InChI=1S/C11H16N2O2/c1-4-11(2,3)13-9-6-5-8(7-12-9)10(14)15/h5-7H,4H2,1-3H3,(H,12,13)(H,14,15). The molecule has 1 rings (SSSR count). The van der Waals surface area contributed by atoms with Crippen LogP contribution in [0, 0.1) is 0 Å². The van der Waals surface area contributed by atoms with Crippen molar-refractivity contribution in [2.24, 2.45) is 0 Å². The quantitative estimate of drug-likeness (QED) is 0.797. The Hall–Kier alpha value is -1.58. The average molecular weight is 208 g/mol. The van der Waals surface area contributed by atoms with E-state index in [2.05, 4.69) is 31.1 Å². The van der Waals surface area contributed by atoms with Crippen LogP contribution in [0.4, 0.5) is 5.82 Å². The topological polar surface area (TPSA) is 62.2 Å². The molecule has 4 nitrogen and oxygen atoms in total. The number of nitrogens with zero attached hydrogens (tertiary/aromatic N) is 1. The van der Waals surface area contributed by atoms with Crippen LogP contribution in [0.2, 0.25) is 0 Å². The number of carbonyl (C=O) groups is 1. The number of carboxylic acid groups (broad SMARTS) is 1. The van der Waals surface area contributed by atoms with E-state index < -0.39 is 5.97 Å². The van der Waals surface area contributed by atoms with E-state index in [1.807, 2.05) is 0 Å². The van der Waals surface area contributed by atoms with Gasteiger partial charge in [-0.1, -0.05) is 6.92 Å². The summed E-state index contributed by atoms with van der Waals surface area (Å²) in [7, 11) is 0.